The molecule has 9 nitrogen and oxygen atoms in total. The number of nitrogens with zero attached hydrogens (tertiary/aromatic N) is 2. The molecule has 0 fully saturated rings. The molecule has 0 atom stereocenters. The van der Waals surface area contributed by atoms with Gasteiger partial charge in [-0.1, -0.05) is 23.5 Å². The second-order valence-corrected chi connectivity index (χ2v) is 8.03. The molecule has 0 bridgehead atoms. The number of sulfonamides is 1. The molecule has 1 aliphatic heterocycles. The van der Waals surface area contributed by atoms with Gasteiger partial charge in [0.1, 0.15) is 6.61 Å². The van der Waals surface area contributed by atoms with Crippen molar-refractivity contribution in [1.82, 2.24) is 10.2 Å². The van der Waals surface area contributed by atoms with Crippen LogP contribution in [0.2, 0.25) is 0 Å². The number of rotatable bonds is 6. The van der Waals surface area contributed by atoms with Crippen LogP contribution in [-0.4, -0.2) is 44.0 Å². The van der Waals surface area contributed by atoms with Gasteiger partial charge in [0.2, 0.25) is 20.3 Å². The normalized spacial score (nSPS) is 13.2. The fraction of sp³-hybridized carbons (Fsp3) is 0.267. The Bertz CT molecular complexity index is 968. The van der Waals surface area contributed by atoms with Gasteiger partial charge in [0.05, 0.1) is 18.4 Å². The van der Waals surface area contributed by atoms with Gasteiger partial charge < -0.3 is 9.47 Å². The largest absolute Gasteiger partial charge is 0.490 e. The van der Waals surface area contributed by atoms with Gasteiger partial charge in [0.25, 0.3) is 5.91 Å². The third-order valence-electron chi connectivity index (χ3n) is 3.22. The number of carbonyl (C=O) groups excluding carboxylic acids is 1. The minimum absolute atomic E-state index is 0.0726. The molecule has 2 aromatic rings. The third-order valence-corrected chi connectivity index (χ3v) is 4.67. The van der Waals surface area contributed by atoms with Crippen molar-refractivity contribution in [2.24, 2.45) is 0 Å². The molecular weight excluding hydrogens is 380 g/mol. The summed E-state index contributed by atoms with van der Waals surface area (Å²) < 4.78 is 35.7. The number of anilines is 2. The van der Waals surface area contributed by atoms with Crippen molar-refractivity contribution in [3.63, 3.8) is 0 Å². The van der Waals surface area contributed by atoms with E-state index < -0.39 is 15.9 Å². The summed E-state index contributed by atoms with van der Waals surface area (Å²) in [5, 5.41) is 10.2. The van der Waals surface area contributed by atoms with E-state index in [1.165, 1.54) is 0 Å². The first kappa shape index (κ1) is 18.1. The molecule has 1 amide bonds. The van der Waals surface area contributed by atoms with Gasteiger partial charge in [-0.3, -0.25) is 14.8 Å². The number of carbonyl (C=O) groups is 1. The molecule has 1 aliphatic rings. The van der Waals surface area contributed by atoms with Gasteiger partial charge in [0.15, 0.2) is 11.5 Å². The van der Waals surface area contributed by atoms with Crippen LogP contribution in [0.15, 0.2) is 23.8 Å². The Morgan fingerprint density at radius 1 is 1.35 bits per heavy atom. The maximum absolute atomic E-state index is 12.4. The van der Waals surface area contributed by atoms with E-state index in [1.807, 2.05) is 19.1 Å². The van der Waals surface area contributed by atoms with E-state index >= 15 is 0 Å². The number of amides is 1. The monoisotopic (exact) mass is 396 g/mol. The van der Waals surface area contributed by atoms with Crippen LogP contribution in [0.5, 0.6) is 11.5 Å². The third kappa shape index (κ3) is 4.29. The lowest BCUT2D eigenvalue weighted by atomic mass is 10.1. The Hall–Kier alpha value is -2.66. The molecule has 0 unspecified atom stereocenters. The van der Waals surface area contributed by atoms with Crippen molar-refractivity contribution in [3.05, 3.63) is 29.3 Å². The van der Waals surface area contributed by atoms with E-state index in [2.05, 4.69) is 20.2 Å². The predicted octanol–water partition coefficient (Wildman–Crippen LogP) is 1.72. The summed E-state index contributed by atoms with van der Waals surface area (Å²) in [6.45, 7) is 2.47. The molecule has 138 valence electrons. The number of aromatic nitrogens is 2. The van der Waals surface area contributed by atoms with Crippen LogP contribution < -0.4 is 19.5 Å². The zero-order chi connectivity index (χ0) is 18.7. The van der Waals surface area contributed by atoms with Crippen molar-refractivity contribution in [2.75, 3.05) is 29.5 Å². The van der Waals surface area contributed by atoms with Crippen molar-refractivity contribution in [3.8, 4) is 11.5 Å². The first-order valence-electron chi connectivity index (χ1n) is 7.57. The minimum Gasteiger partial charge on any atom is -0.490 e. The molecule has 2 heterocycles. The van der Waals surface area contributed by atoms with E-state index in [0.29, 0.717) is 23.7 Å². The quantitative estimate of drug-likeness (QED) is 0.763. The zero-order valence-corrected chi connectivity index (χ0v) is 15.6. The van der Waals surface area contributed by atoms with Crippen LogP contribution in [0.3, 0.4) is 0 Å². The highest BCUT2D eigenvalue weighted by atomic mass is 32.2. The van der Waals surface area contributed by atoms with Crippen LogP contribution >= 0.6 is 11.3 Å². The number of para-hydroxylation sites is 1. The molecule has 2 N–H and O–H groups in total. The summed E-state index contributed by atoms with van der Waals surface area (Å²) in [4.78, 5) is 12.4. The van der Waals surface area contributed by atoms with E-state index in [4.69, 9.17) is 9.47 Å². The SMILES string of the molecule is CCOc1cccc2c1OCC(C(=O)Nc1nnc(NS(C)(=O)=O)s1)=C2. The van der Waals surface area contributed by atoms with Crippen molar-refractivity contribution in [1.29, 1.82) is 0 Å². The lowest BCUT2D eigenvalue weighted by Gasteiger charge is -2.19. The Kier molecular flexibility index (Phi) is 5.09. The van der Waals surface area contributed by atoms with E-state index in [1.54, 1.807) is 12.1 Å². The number of ether oxygens (including phenoxy) is 2. The minimum atomic E-state index is -3.45. The summed E-state index contributed by atoms with van der Waals surface area (Å²) in [6.07, 6.45) is 2.72. The summed E-state index contributed by atoms with van der Waals surface area (Å²) in [6, 6.07) is 5.45. The van der Waals surface area contributed by atoms with Crippen LogP contribution in [0.1, 0.15) is 12.5 Å². The van der Waals surface area contributed by atoms with Gasteiger partial charge in [-0.15, -0.1) is 10.2 Å². The number of fused-ring (bicyclic) bond motifs is 1. The maximum atomic E-state index is 12.4. The smallest absolute Gasteiger partial charge is 0.256 e. The van der Waals surface area contributed by atoms with Crippen LogP contribution in [-0.2, 0) is 14.8 Å². The first-order chi connectivity index (χ1) is 12.4. The Morgan fingerprint density at radius 3 is 2.85 bits per heavy atom. The molecule has 0 radical (unpaired) electrons. The van der Waals surface area contributed by atoms with E-state index in [9.17, 15) is 13.2 Å². The summed E-state index contributed by atoms with van der Waals surface area (Å²) in [7, 11) is -3.45. The molecule has 0 aliphatic carbocycles. The topological polar surface area (TPSA) is 120 Å². The van der Waals surface area contributed by atoms with Gasteiger partial charge in [-0.05, 0) is 19.1 Å². The number of benzene rings is 1. The Morgan fingerprint density at radius 2 is 2.12 bits per heavy atom. The average Bonchev–Trinajstić information content (AvgIpc) is 2.99. The lowest BCUT2D eigenvalue weighted by molar-refractivity contribution is -0.113. The Labute approximate surface area is 154 Å². The fourth-order valence-electron chi connectivity index (χ4n) is 2.23. The molecule has 11 heteroatoms. The molecule has 1 aromatic heterocycles. The molecule has 0 saturated carbocycles. The Balaban J connectivity index is 1.74. The molecule has 0 spiro atoms. The standard InChI is InChI=1S/C15H16N4O5S2/c1-3-23-11-6-4-5-9-7-10(8-24-12(9)11)13(20)16-14-17-18-15(25-14)19-26(2,21)22/h4-7H,3,8H2,1-2H3,(H,18,19)(H,16,17,20). The average molecular weight is 396 g/mol. The van der Waals surface area contributed by atoms with Gasteiger partial charge in [-0.25, -0.2) is 8.42 Å². The van der Waals surface area contributed by atoms with Crippen LogP contribution in [0.4, 0.5) is 10.3 Å². The van der Waals surface area contributed by atoms with Gasteiger partial charge in [-0.2, -0.15) is 0 Å². The number of hydrogen-bond acceptors (Lipinski definition) is 8. The second kappa shape index (κ2) is 7.30. The summed E-state index contributed by atoms with van der Waals surface area (Å²) in [5.74, 6) is 0.822. The summed E-state index contributed by atoms with van der Waals surface area (Å²) in [5.41, 5.74) is 1.14. The van der Waals surface area contributed by atoms with Crippen LogP contribution in [0.25, 0.3) is 6.08 Å². The number of nitrogens with one attached hydrogen (secondary N) is 2. The van der Waals surface area contributed by atoms with Gasteiger partial charge in [0, 0.05) is 5.56 Å². The van der Waals surface area contributed by atoms with Gasteiger partial charge >= 0.3 is 0 Å². The predicted molar refractivity (Wildman–Crippen MR) is 98.1 cm³/mol. The highest BCUT2D eigenvalue weighted by Gasteiger charge is 2.21. The van der Waals surface area contributed by atoms with Crippen LogP contribution in [0, 0.1) is 0 Å². The van der Waals surface area contributed by atoms with E-state index in [-0.39, 0.29) is 16.9 Å². The second-order valence-electron chi connectivity index (χ2n) is 5.31. The molecule has 1 aromatic carbocycles. The van der Waals surface area contributed by atoms with E-state index in [0.717, 1.165) is 23.2 Å². The first-order valence-corrected chi connectivity index (χ1v) is 10.3. The molecular formula is C15H16N4O5S2. The highest BCUT2D eigenvalue weighted by Crippen LogP contribution is 2.36. The molecule has 26 heavy (non-hydrogen) atoms. The maximum Gasteiger partial charge on any atom is 0.256 e. The highest BCUT2D eigenvalue weighted by molar-refractivity contribution is 7.92. The van der Waals surface area contributed by atoms with Crippen molar-refractivity contribution in [2.45, 2.75) is 6.92 Å². The number of hydrogen-bond donors (Lipinski definition) is 2. The lowest BCUT2D eigenvalue weighted by Crippen LogP contribution is -2.21. The van der Waals surface area contributed by atoms with Crippen molar-refractivity contribution >= 4 is 43.6 Å². The van der Waals surface area contributed by atoms with Crippen molar-refractivity contribution < 1.29 is 22.7 Å². The molecule has 0 saturated heterocycles. The molecule has 3 rings (SSSR count). The fourth-order valence-corrected chi connectivity index (χ4v) is 3.70. The zero-order valence-electron chi connectivity index (χ0n) is 14.0. The summed E-state index contributed by atoms with van der Waals surface area (Å²) >= 11 is 0.914.